The molecule has 0 atom stereocenters. The maximum atomic E-state index is 12.9. The summed E-state index contributed by atoms with van der Waals surface area (Å²) in [5, 5.41) is 8.56. The molecule has 2 aromatic carbocycles. The summed E-state index contributed by atoms with van der Waals surface area (Å²) in [6, 6.07) is 19.9. The van der Waals surface area contributed by atoms with E-state index < -0.39 is 0 Å². The highest BCUT2D eigenvalue weighted by atomic mass is 16.2. The van der Waals surface area contributed by atoms with E-state index in [4.69, 9.17) is 0 Å². The molecule has 0 unspecified atom stereocenters. The van der Waals surface area contributed by atoms with Crippen molar-refractivity contribution >= 4 is 23.1 Å². The molecule has 0 saturated heterocycles. The molecule has 1 aliphatic heterocycles. The molecule has 1 aromatic heterocycles. The molecule has 0 bridgehead atoms. The first-order valence-corrected chi connectivity index (χ1v) is 9.25. The van der Waals surface area contributed by atoms with Crippen LogP contribution in [0.4, 0.5) is 17.2 Å². The molecule has 0 spiro atoms. The monoisotopic (exact) mass is 358 g/mol. The Bertz CT molecular complexity index is 968. The van der Waals surface area contributed by atoms with Crippen LogP contribution in [0.3, 0.4) is 0 Å². The summed E-state index contributed by atoms with van der Waals surface area (Å²) in [6.45, 7) is 5.60. The predicted molar refractivity (Wildman–Crippen MR) is 108 cm³/mol. The number of anilines is 3. The second kappa shape index (κ2) is 7.19. The van der Waals surface area contributed by atoms with Crippen molar-refractivity contribution in [2.45, 2.75) is 20.3 Å². The third-order valence-corrected chi connectivity index (χ3v) is 4.91. The molecule has 1 aliphatic rings. The van der Waals surface area contributed by atoms with Gasteiger partial charge in [-0.25, -0.2) is 0 Å². The van der Waals surface area contributed by atoms with Gasteiger partial charge in [-0.3, -0.25) is 4.79 Å². The van der Waals surface area contributed by atoms with E-state index >= 15 is 0 Å². The maximum absolute atomic E-state index is 12.9. The van der Waals surface area contributed by atoms with E-state index in [0.29, 0.717) is 12.2 Å². The van der Waals surface area contributed by atoms with E-state index in [1.807, 2.05) is 30.3 Å². The molecule has 4 rings (SSSR count). The Morgan fingerprint density at radius 3 is 2.67 bits per heavy atom. The summed E-state index contributed by atoms with van der Waals surface area (Å²) < 4.78 is 0. The van der Waals surface area contributed by atoms with Gasteiger partial charge in [-0.2, -0.15) is 0 Å². The van der Waals surface area contributed by atoms with Gasteiger partial charge in [-0.15, -0.1) is 10.2 Å². The zero-order chi connectivity index (χ0) is 18.8. The van der Waals surface area contributed by atoms with Crippen LogP contribution in [-0.2, 0) is 6.42 Å². The molecule has 2 heterocycles. The summed E-state index contributed by atoms with van der Waals surface area (Å²) in [5.41, 5.74) is 4.81. The van der Waals surface area contributed by atoms with E-state index in [-0.39, 0.29) is 5.91 Å². The molecule has 5 heteroatoms. The standard InChI is InChI=1S/C22H22N4O/c1-3-25(18-9-6-7-16(2)15-18)21-12-11-19(23-24-21)22(27)26-14-13-17-8-4-5-10-20(17)26/h4-12,15H,3,13-14H2,1-2H3. The number of fused-ring (bicyclic) bond motifs is 1. The van der Waals surface area contributed by atoms with E-state index in [0.717, 1.165) is 30.2 Å². The summed E-state index contributed by atoms with van der Waals surface area (Å²) in [7, 11) is 0. The van der Waals surface area contributed by atoms with Gasteiger partial charge in [0.1, 0.15) is 0 Å². The minimum absolute atomic E-state index is 0.0994. The minimum Gasteiger partial charge on any atom is -0.325 e. The Morgan fingerprint density at radius 1 is 1.07 bits per heavy atom. The second-order valence-electron chi connectivity index (χ2n) is 6.70. The van der Waals surface area contributed by atoms with Crippen LogP contribution in [0.1, 0.15) is 28.5 Å². The molecular weight excluding hydrogens is 336 g/mol. The molecule has 5 nitrogen and oxygen atoms in total. The second-order valence-corrected chi connectivity index (χ2v) is 6.70. The van der Waals surface area contributed by atoms with Crippen molar-refractivity contribution in [1.29, 1.82) is 0 Å². The van der Waals surface area contributed by atoms with Crippen LogP contribution < -0.4 is 9.80 Å². The van der Waals surface area contributed by atoms with Crippen LogP contribution in [0, 0.1) is 6.92 Å². The number of para-hydroxylation sites is 1. The molecule has 3 aromatic rings. The van der Waals surface area contributed by atoms with Gasteiger partial charge in [0.2, 0.25) is 0 Å². The van der Waals surface area contributed by atoms with Gasteiger partial charge in [0.05, 0.1) is 0 Å². The Kier molecular flexibility index (Phi) is 4.59. The van der Waals surface area contributed by atoms with Crippen molar-refractivity contribution in [2.75, 3.05) is 22.9 Å². The first-order valence-electron chi connectivity index (χ1n) is 9.25. The van der Waals surface area contributed by atoms with Crippen molar-refractivity contribution in [3.05, 3.63) is 77.5 Å². The van der Waals surface area contributed by atoms with Gasteiger partial charge in [0.15, 0.2) is 11.5 Å². The van der Waals surface area contributed by atoms with Gasteiger partial charge < -0.3 is 9.80 Å². The Hall–Kier alpha value is -3.21. The minimum atomic E-state index is -0.0994. The van der Waals surface area contributed by atoms with Gasteiger partial charge in [0, 0.05) is 24.5 Å². The smallest absolute Gasteiger partial charge is 0.278 e. The number of nitrogens with zero attached hydrogens (tertiary/aromatic N) is 4. The lowest BCUT2D eigenvalue weighted by Gasteiger charge is -2.22. The number of carbonyl (C=O) groups excluding carboxylic acids is 1. The number of carbonyl (C=O) groups is 1. The van der Waals surface area contributed by atoms with Crippen molar-refractivity contribution in [3.8, 4) is 0 Å². The Morgan fingerprint density at radius 2 is 1.93 bits per heavy atom. The Labute approximate surface area is 159 Å². The van der Waals surface area contributed by atoms with Crippen LogP contribution in [0.25, 0.3) is 0 Å². The molecule has 0 saturated carbocycles. The number of amides is 1. The van der Waals surface area contributed by atoms with Gasteiger partial charge in [0.25, 0.3) is 5.91 Å². The quantitative estimate of drug-likeness (QED) is 0.703. The molecule has 0 fully saturated rings. The normalized spacial score (nSPS) is 12.7. The fraction of sp³-hybridized carbons (Fsp3) is 0.227. The number of aromatic nitrogens is 2. The van der Waals surface area contributed by atoms with E-state index in [2.05, 4.69) is 53.2 Å². The van der Waals surface area contributed by atoms with Crippen molar-refractivity contribution in [1.82, 2.24) is 10.2 Å². The largest absolute Gasteiger partial charge is 0.325 e. The number of benzene rings is 2. The predicted octanol–water partition coefficient (Wildman–Crippen LogP) is 4.15. The van der Waals surface area contributed by atoms with Crippen LogP contribution in [0.15, 0.2) is 60.7 Å². The van der Waals surface area contributed by atoms with Gasteiger partial charge in [-0.05, 0) is 61.7 Å². The lowest BCUT2D eigenvalue weighted by Crippen LogP contribution is -2.30. The summed E-state index contributed by atoms with van der Waals surface area (Å²) >= 11 is 0. The number of hydrogen-bond acceptors (Lipinski definition) is 4. The zero-order valence-electron chi connectivity index (χ0n) is 15.6. The summed E-state index contributed by atoms with van der Waals surface area (Å²) in [5.74, 6) is 0.638. The van der Waals surface area contributed by atoms with Crippen LogP contribution in [0.2, 0.25) is 0 Å². The van der Waals surface area contributed by atoms with Crippen molar-refractivity contribution < 1.29 is 4.79 Å². The summed E-state index contributed by atoms with van der Waals surface area (Å²) in [4.78, 5) is 16.8. The maximum Gasteiger partial charge on any atom is 0.278 e. The highest BCUT2D eigenvalue weighted by molar-refractivity contribution is 6.06. The van der Waals surface area contributed by atoms with Crippen molar-refractivity contribution in [3.63, 3.8) is 0 Å². The van der Waals surface area contributed by atoms with Crippen molar-refractivity contribution in [2.24, 2.45) is 0 Å². The number of aryl methyl sites for hydroxylation is 1. The molecule has 0 N–H and O–H groups in total. The fourth-order valence-electron chi connectivity index (χ4n) is 3.54. The average molecular weight is 358 g/mol. The third kappa shape index (κ3) is 3.28. The highest BCUT2D eigenvalue weighted by Crippen LogP contribution is 2.29. The Balaban J connectivity index is 1.58. The van der Waals surface area contributed by atoms with E-state index in [9.17, 15) is 4.79 Å². The lowest BCUT2D eigenvalue weighted by atomic mass is 10.2. The topological polar surface area (TPSA) is 49.3 Å². The zero-order valence-corrected chi connectivity index (χ0v) is 15.6. The summed E-state index contributed by atoms with van der Waals surface area (Å²) in [6.07, 6.45) is 0.879. The average Bonchev–Trinajstić information content (AvgIpc) is 3.13. The first kappa shape index (κ1) is 17.2. The lowest BCUT2D eigenvalue weighted by molar-refractivity contribution is 0.0983. The molecule has 0 aliphatic carbocycles. The van der Waals surface area contributed by atoms with E-state index in [1.165, 1.54) is 11.1 Å². The van der Waals surface area contributed by atoms with Crippen LogP contribution in [-0.4, -0.2) is 29.2 Å². The number of rotatable bonds is 4. The van der Waals surface area contributed by atoms with Gasteiger partial charge >= 0.3 is 0 Å². The fourth-order valence-corrected chi connectivity index (χ4v) is 3.54. The van der Waals surface area contributed by atoms with Crippen LogP contribution in [0.5, 0.6) is 0 Å². The third-order valence-electron chi connectivity index (χ3n) is 4.91. The first-order chi connectivity index (χ1) is 13.2. The van der Waals surface area contributed by atoms with Crippen LogP contribution >= 0.6 is 0 Å². The van der Waals surface area contributed by atoms with Gasteiger partial charge in [-0.1, -0.05) is 30.3 Å². The molecule has 136 valence electrons. The van der Waals surface area contributed by atoms with E-state index in [1.54, 1.807) is 11.0 Å². The molecule has 27 heavy (non-hydrogen) atoms. The molecule has 1 amide bonds. The highest BCUT2D eigenvalue weighted by Gasteiger charge is 2.26. The SMILES string of the molecule is CCN(c1cccc(C)c1)c1ccc(C(=O)N2CCc3ccccc32)nn1. The molecule has 0 radical (unpaired) electrons. The number of hydrogen-bond donors (Lipinski definition) is 0. The molecular formula is C22H22N4O.